The molecule has 0 aromatic carbocycles. The highest BCUT2D eigenvalue weighted by Gasteiger charge is 2.59. The first-order chi connectivity index (χ1) is 6.38. The van der Waals surface area contributed by atoms with Crippen LogP contribution in [0, 0.1) is 5.41 Å². The van der Waals surface area contributed by atoms with Crippen molar-refractivity contribution in [3.8, 4) is 0 Å². The van der Waals surface area contributed by atoms with Crippen LogP contribution in [0.3, 0.4) is 0 Å². The van der Waals surface area contributed by atoms with Crippen molar-refractivity contribution in [2.45, 2.75) is 58.0 Å². The summed E-state index contributed by atoms with van der Waals surface area (Å²) in [6, 6.07) is 0.298. The van der Waals surface area contributed by atoms with E-state index in [1.54, 1.807) is 4.90 Å². The van der Waals surface area contributed by atoms with Crippen molar-refractivity contribution in [1.82, 2.24) is 4.90 Å². The Morgan fingerprint density at radius 1 is 1.36 bits per heavy atom. The van der Waals surface area contributed by atoms with Gasteiger partial charge >= 0.3 is 6.09 Å². The number of hydrogen-bond donors (Lipinski definition) is 1. The van der Waals surface area contributed by atoms with Crippen LogP contribution in [0.15, 0.2) is 0 Å². The maximum absolute atomic E-state index is 11.2. The van der Waals surface area contributed by atoms with Gasteiger partial charge in [-0.3, -0.25) is 4.90 Å². The number of nitrogens with zero attached hydrogens (tertiary/aromatic N) is 1. The van der Waals surface area contributed by atoms with Gasteiger partial charge in [0.25, 0.3) is 0 Å². The third-order valence-electron chi connectivity index (χ3n) is 4.21. The highest BCUT2D eigenvalue weighted by Crippen LogP contribution is 2.54. The summed E-state index contributed by atoms with van der Waals surface area (Å²) in [7, 11) is 0. The van der Waals surface area contributed by atoms with E-state index >= 15 is 0 Å². The first-order valence-corrected chi connectivity index (χ1v) is 5.41. The second kappa shape index (κ2) is 2.65. The van der Waals surface area contributed by atoms with E-state index in [1.165, 1.54) is 0 Å². The van der Waals surface area contributed by atoms with Gasteiger partial charge in [0.05, 0.1) is 5.54 Å². The van der Waals surface area contributed by atoms with Crippen molar-refractivity contribution >= 4 is 6.09 Å². The van der Waals surface area contributed by atoms with Gasteiger partial charge in [0, 0.05) is 6.04 Å². The van der Waals surface area contributed by atoms with Gasteiger partial charge in [-0.2, -0.15) is 0 Å². The lowest BCUT2D eigenvalue weighted by Crippen LogP contribution is -2.52. The zero-order valence-electron chi connectivity index (χ0n) is 9.21. The van der Waals surface area contributed by atoms with Crippen molar-refractivity contribution in [2.24, 2.45) is 5.41 Å². The quantitative estimate of drug-likeness (QED) is 0.648. The van der Waals surface area contributed by atoms with Gasteiger partial charge in [-0.15, -0.1) is 0 Å². The largest absolute Gasteiger partial charge is 0.465 e. The van der Waals surface area contributed by atoms with Crippen molar-refractivity contribution in [3.05, 3.63) is 0 Å². The molecule has 2 heterocycles. The Balaban J connectivity index is 2.38. The Morgan fingerprint density at radius 3 is 2.14 bits per heavy atom. The molecular formula is C11H19NO2. The maximum atomic E-state index is 11.2. The standard InChI is InChI=1S/C11H19NO2/c1-10(2,3)11-6-4-8(5-7-11)12(11)9(13)14/h8H,4-7H2,1-3H3,(H,13,14). The molecule has 0 radical (unpaired) electrons. The Hall–Kier alpha value is -0.730. The van der Waals surface area contributed by atoms with Gasteiger partial charge < -0.3 is 5.11 Å². The van der Waals surface area contributed by atoms with Crippen LogP contribution in [-0.4, -0.2) is 27.7 Å². The van der Waals surface area contributed by atoms with Crippen LogP contribution in [0.2, 0.25) is 0 Å². The summed E-state index contributed by atoms with van der Waals surface area (Å²) >= 11 is 0. The molecule has 2 aliphatic heterocycles. The van der Waals surface area contributed by atoms with E-state index in [-0.39, 0.29) is 11.0 Å². The van der Waals surface area contributed by atoms with Crippen molar-refractivity contribution in [2.75, 3.05) is 0 Å². The number of carbonyl (C=O) groups is 1. The topological polar surface area (TPSA) is 40.5 Å². The van der Waals surface area contributed by atoms with Crippen LogP contribution < -0.4 is 0 Å². The number of fused-ring (bicyclic) bond motifs is 2. The lowest BCUT2D eigenvalue weighted by atomic mass is 9.69. The summed E-state index contributed by atoms with van der Waals surface area (Å²) in [4.78, 5) is 13.0. The maximum Gasteiger partial charge on any atom is 0.408 e. The fraction of sp³-hybridized carbons (Fsp3) is 0.909. The molecular weight excluding hydrogens is 178 g/mol. The number of hydrogen-bond acceptors (Lipinski definition) is 1. The van der Waals surface area contributed by atoms with Crippen LogP contribution >= 0.6 is 0 Å². The normalized spacial score (nSPS) is 36.5. The van der Waals surface area contributed by atoms with Crippen LogP contribution in [0.1, 0.15) is 46.5 Å². The molecule has 0 aromatic heterocycles. The SMILES string of the molecule is CC(C)(C)C12CCC(CC1)N2C(=O)O. The Bertz CT molecular complexity index is 259. The summed E-state index contributed by atoms with van der Waals surface area (Å²) in [5.41, 5.74) is -0.0138. The van der Waals surface area contributed by atoms with Gasteiger partial charge in [-0.25, -0.2) is 4.79 Å². The van der Waals surface area contributed by atoms with E-state index in [4.69, 9.17) is 0 Å². The molecule has 0 unspecified atom stereocenters. The van der Waals surface area contributed by atoms with E-state index in [1.807, 2.05) is 0 Å². The zero-order valence-corrected chi connectivity index (χ0v) is 9.21. The molecule has 0 spiro atoms. The fourth-order valence-corrected chi connectivity index (χ4v) is 3.38. The van der Waals surface area contributed by atoms with Gasteiger partial charge in [-0.05, 0) is 31.1 Å². The Labute approximate surface area is 85.1 Å². The van der Waals surface area contributed by atoms with E-state index in [0.717, 1.165) is 25.7 Å². The van der Waals surface area contributed by atoms with Crippen LogP contribution in [0.25, 0.3) is 0 Å². The molecule has 0 saturated carbocycles. The molecule has 3 heteroatoms. The minimum absolute atomic E-state index is 0.0661. The third-order valence-corrected chi connectivity index (χ3v) is 4.21. The summed E-state index contributed by atoms with van der Waals surface area (Å²) in [6.07, 6.45) is 3.49. The van der Waals surface area contributed by atoms with Gasteiger partial charge in [0.1, 0.15) is 0 Å². The molecule has 0 aliphatic carbocycles. The van der Waals surface area contributed by atoms with Crippen LogP contribution in [-0.2, 0) is 0 Å². The smallest absolute Gasteiger partial charge is 0.408 e. The summed E-state index contributed by atoms with van der Waals surface area (Å²) < 4.78 is 0. The molecule has 0 atom stereocenters. The molecule has 1 amide bonds. The average Bonchev–Trinajstić information content (AvgIpc) is 2.57. The lowest BCUT2D eigenvalue weighted by Gasteiger charge is -2.44. The van der Waals surface area contributed by atoms with E-state index in [9.17, 15) is 9.90 Å². The summed E-state index contributed by atoms with van der Waals surface area (Å²) in [5.74, 6) is 0. The number of amides is 1. The molecule has 2 saturated heterocycles. The third kappa shape index (κ3) is 1.01. The monoisotopic (exact) mass is 197 g/mol. The molecule has 2 rings (SSSR count). The van der Waals surface area contributed by atoms with Crippen LogP contribution in [0.4, 0.5) is 4.79 Å². The summed E-state index contributed by atoms with van der Waals surface area (Å²) in [6.45, 7) is 6.49. The number of rotatable bonds is 0. The van der Waals surface area contributed by atoms with Gasteiger partial charge in [-0.1, -0.05) is 20.8 Å². The minimum Gasteiger partial charge on any atom is -0.465 e. The molecule has 0 aromatic rings. The second-order valence-electron chi connectivity index (χ2n) is 5.67. The molecule has 80 valence electrons. The highest BCUT2D eigenvalue weighted by atomic mass is 16.4. The highest BCUT2D eigenvalue weighted by molar-refractivity contribution is 5.68. The lowest BCUT2D eigenvalue weighted by molar-refractivity contribution is 0.0436. The van der Waals surface area contributed by atoms with E-state index in [0.29, 0.717) is 6.04 Å². The molecule has 2 fully saturated rings. The molecule has 2 bridgehead atoms. The molecule has 2 aliphatic rings. The summed E-state index contributed by atoms with van der Waals surface area (Å²) in [5, 5.41) is 9.25. The van der Waals surface area contributed by atoms with E-state index in [2.05, 4.69) is 20.8 Å². The predicted octanol–water partition coefficient (Wildman–Crippen LogP) is 2.71. The van der Waals surface area contributed by atoms with Crippen molar-refractivity contribution in [1.29, 1.82) is 0 Å². The second-order valence-corrected chi connectivity index (χ2v) is 5.67. The van der Waals surface area contributed by atoms with Gasteiger partial charge in [0.2, 0.25) is 0 Å². The molecule has 14 heavy (non-hydrogen) atoms. The first-order valence-electron chi connectivity index (χ1n) is 5.41. The zero-order chi connectivity index (χ0) is 10.6. The van der Waals surface area contributed by atoms with Gasteiger partial charge in [0.15, 0.2) is 0 Å². The molecule has 3 nitrogen and oxygen atoms in total. The number of carboxylic acid groups (broad SMARTS) is 1. The first kappa shape index (κ1) is 9.81. The molecule has 1 N–H and O–H groups in total. The Kier molecular flexibility index (Phi) is 1.85. The van der Waals surface area contributed by atoms with E-state index < -0.39 is 6.09 Å². The minimum atomic E-state index is -0.722. The van der Waals surface area contributed by atoms with Crippen LogP contribution in [0.5, 0.6) is 0 Å². The van der Waals surface area contributed by atoms with Crippen molar-refractivity contribution in [3.63, 3.8) is 0 Å². The average molecular weight is 197 g/mol. The Morgan fingerprint density at radius 2 is 1.86 bits per heavy atom. The fourth-order valence-electron chi connectivity index (χ4n) is 3.38. The predicted molar refractivity (Wildman–Crippen MR) is 54.3 cm³/mol. The van der Waals surface area contributed by atoms with Crippen molar-refractivity contribution < 1.29 is 9.90 Å².